The van der Waals surface area contributed by atoms with Gasteiger partial charge in [0.25, 0.3) is 5.91 Å². The second-order valence-electron chi connectivity index (χ2n) is 4.28. The van der Waals surface area contributed by atoms with Crippen LogP contribution in [0.4, 0.5) is 0 Å². The van der Waals surface area contributed by atoms with Crippen molar-refractivity contribution in [2.75, 3.05) is 13.6 Å². The number of amides is 1. The molecule has 3 nitrogen and oxygen atoms in total. The minimum atomic E-state index is -0.397. The van der Waals surface area contributed by atoms with Crippen LogP contribution in [0.25, 0.3) is 0 Å². The van der Waals surface area contributed by atoms with E-state index in [9.17, 15) is 9.90 Å². The van der Waals surface area contributed by atoms with Crippen molar-refractivity contribution in [2.45, 2.75) is 26.4 Å². The number of halogens is 1. The zero-order valence-electron chi connectivity index (χ0n) is 10.4. The summed E-state index contributed by atoms with van der Waals surface area (Å²) in [6, 6.07) is 5.30. The average molecular weight is 256 g/mol. The molecule has 0 aromatic heterocycles. The maximum absolute atomic E-state index is 12.1. The minimum absolute atomic E-state index is 0.0642. The summed E-state index contributed by atoms with van der Waals surface area (Å²) in [5.41, 5.74) is 1.41. The topological polar surface area (TPSA) is 40.5 Å². The molecule has 1 aromatic rings. The van der Waals surface area contributed by atoms with Crippen LogP contribution < -0.4 is 0 Å². The maximum Gasteiger partial charge on any atom is 0.253 e. The van der Waals surface area contributed by atoms with Gasteiger partial charge >= 0.3 is 0 Å². The zero-order chi connectivity index (χ0) is 13.0. The second-order valence-corrected chi connectivity index (χ2v) is 4.68. The Labute approximate surface area is 107 Å². The first-order chi connectivity index (χ1) is 7.93. The van der Waals surface area contributed by atoms with Gasteiger partial charge in [0.1, 0.15) is 0 Å². The summed E-state index contributed by atoms with van der Waals surface area (Å²) >= 11 is 5.98. The van der Waals surface area contributed by atoms with Crippen LogP contribution in [-0.2, 0) is 0 Å². The molecule has 0 fully saturated rings. The zero-order valence-corrected chi connectivity index (χ0v) is 11.2. The molecule has 0 spiro atoms. The van der Waals surface area contributed by atoms with Crippen LogP contribution in [0.15, 0.2) is 18.2 Å². The van der Waals surface area contributed by atoms with Crippen molar-refractivity contribution in [2.24, 2.45) is 0 Å². The summed E-state index contributed by atoms with van der Waals surface area (Å²) in [7, 11) is 1.73. The molecule has 1 N–H and O–H groups in total. The quantitative estimate of drug-likeness (QED) is 0.898. The van der Waals surface area contributed by atoms with E-state index in [0.29, 0.717) is 23.6 Å². The molecule has 4 heteroatoms. The van der Waals surface area contributed by atoms with E-state index in [2.05, 4.69) is 0 Å². The molecule has 94 valence electrons. The molecule has 17 heavy (non-hydrogen) atoms. The molecule has 0 heterocycles. The average Bonchev–Trinajstić information content (AvgIpc) is 2.28. The van der Waals surface area contributed by atoms with Crippen LogP contribution in [0.2, 0.25) is 5.02 Å². The van der Waals surface area contributed by atoms with Gasteiger partial charge in [0.15, 0.2) is 0 Å². The van der Waals surface area contributed by atoms with Crippen molar-refractivity contribution >= 4 is 17.5 Å². The fourth-order valence-electron chi connectivity index (χ4n) is 1.53. The summed E-state index contributed by atoms with van der Waals surface area (Å²) in [4.78, 5) is 13.7. The molecule has 1 aromatic carbocycles. The van der Waals surface area contributed by atoms with Crippen LogP contribution in [0.1, 0.15) is 29.3 Å². The third-order valence-electron chi connectivity index (χ3n) is 2.73. The Morgan fingerprint density at radius 1 is 1.53 bits per heavy atom. The van der Waals surface area contributed by atoms with E-state index >= 15 is 0 Å². The van der Waals surface area contributed by atoms with Crippen molar-refractivity contribution < 1.29 is 9.90 Å². The van der Waals surface area contributed by atoms with E-state index in [1.54, 1.807) is 37.1 Å². The first-order valence-electron chi connectivity index (χ1n) is 5.62. The summed E-state index contributed by atoms with van der Waals surface area (Å²) in [5.74, 6) is -0.0642. The van der Waals surface area contributed by atoms with E-state index in [1.165, 1.54) is 0 Å². The van der Waals surface area contributed by atoms with E-state index in [-0.39, 0.29) is 5.91 Å². The van der Waals surface area contributed by atoms with Crippen LogP contribution in [0.5, 0.6) is 0 Å². The molecular formula is C13H18ClNO2. The Morgan fingerprint density at radius 2 is 2.18 bits per heavy atom. The van der Waals surface area contributed by atoms with Gasteiger partial charge in [0, 0.05) is 24.2 Å². The van der Waals surface area contributed by atoms with Crippen molar-refractivity contribution in [1.82, 2.24) is 4.90 Å². The third-order valence-corrected chi connectivity index (χ3v) is 3.14. The summed E-state index contributed by atoms with van der Waals surface area (Å²) in [6.07, 6.45) is 0.174. The Bertz CT molecular complexity index is 404. The molecule has 1 atom stereocenters. The molecule has 1 amide bonds. The highest BCUT2D eigenvalue weighted by molar-refractivity contribution is 6.31. The molecule has 0 bridgehead atoms. The molecule has 0 saturated carbocycles. The van der Waals surface area contributed by atoms with Crippen LogP contribution in [0.3, 0.4) is 0 Å². The van der Waals surface area contributed by atoms with E-state index in [0.717, 1.165) is 5.56 Å². The smallest absolute Gasteiger partial charge is 0.253 e. The predicted octanol–water partition coefficient (Wildman–Crippen LogP) is 2.49. The SMILES string of the molecule is Cc1c(Cl)cccc1C(=O)N(C)CCC(C)O. The van der Waals surface area contributed by atoms with Gasteiger partial charge in [-0.05, 0) is 38.0 Å². The largest absolute Gasteiger partial charge is 0.393 e. The number of hydrogen-bond donors (Lipinski definition) is 1. The Morgan fingerprint density at radius 3 is 2.76 bits per heavy atom. The Hall–Kier alpha value is -1.06. The van der Waals surface area contributed by atoms with Crippen molar-refractivity contribution in [3.8, 4) is 0 Å². The van der Waals surface area contributed by atoms with Gasteiger partial charge in [-0.25, -0.2) is 0 Å². The second kappa shape index (κ2) is 6.03. The summed E-state index contributed by atoms with van der Waals surface area (Å²) in [5, 5.41) is 9.79. The van der Waals surface area contributed by atoms with Gasteiger partial charge < -0.3 is 10.0 Å². The summed E-state index contributed by atoms with van der Waals surface area (Å²) < 4.78 is 0. The molecule has 0 aliphatic carbocycles. The molecular weight excluding hydrogens is 238 g/mol. The number of carbonyl (C=O) groups excluding carboxylic acids is 1. The number of nitrogens with zero attached hydrogens (tertiary/aromatic N) is 1. The van der Waals surface area contributed by atoms with Gasteiger partial charge in [-0.3, -0.25) is 4.79 Å². The highest BCUT2D eigenvalue weighted by Crippen LogP contribution is 2.19. The third kappa shape index (κ3) is 3.72. The van der Waals surface area contributed by atoms with E-state index in [1.807, 2.05) is 6.92 Å². The minimum Gasteiger partial charge on any atom is -0.393 e. The Balaban J connectivity index is 2.78. The fraction of sp³-hybridized carbons (Fsp3) is 0.462. The highest BCUT2D eigenvalue weighted by atomic mass is 35.5. The molecule has 1 rings (SSSR count). The monoisotopic (exact) mass is 255 g/mol. The van der Waals surface area contributed by atoms with Gasteiger partial charge in [-0.2, -0.15) is 0 Å². The van der Waals surface area contributed by atoms with Gasteiger partial charge in [0.2, 0.25) is 0 Å². The van der Waals surface area contributed by atoms with Gasteiger partial charge in [0.05, 0.1) is 6.10 Å². The molecule has 1 unspecified atom stereocenters. The first kappa shape index (κ1) is 14.0. The van der Waals surface area contributed by atoms with Crippen LogP contribution in [-0.4, -0.2) is 35.6 Å². The van der Waals surface area contributed by atoms with Crippen molar-refractivity contribution in [3.63, 3.8) is 0 Å². The van der Waals surface area contributed by atoms with E-state index < -0.39 is 6.10 Å². The highest BCUT2D eigenvalue weighted by Gasteiger charge is 2.15. The molecule has 0 aliphatic rings. The lowest BCUT2D eigenvalue weighted by molar-refractivity contribution is 0.0768. The molecule has 0 aliphatic heterocycles. The lowest BCUT2D eigenvalue weighted by Gasteiger charge is -2.19. The Kier molecular flexibility index (Phi) is 4.97. The number of benzene rings is 1. The lowest BCUT2D eigenvalue weighted by Crippen LogP contribution is -2.30. The number of aliphatic hydroxyl groups is 1. The van der Waals surface area contributed by atoms with Gasteiger partial charge in [-0.1, -0.05) is 17.7 Å². The van der Waals surface area contributed by atoms with Crippen LogP contribution >= 0.6 is 11.6 Å². The first-order valence-corrected chi connectivity index (χ1v) is 6.00. The normalized spacial score (nSPS) is 12.3. The van der Waals surface area contributed by atoms with E-state index in [4.69, 9.17) is 11.6 Å². The number of aliphatic hydroxyl groups excluding tert-OH is 1. The molecule has 0 saturated heterocycles. The van der Waals surface area contributed by atoms with Crippen LogP contribution in [0, 0.1) is 6.92 Å². The number of rotatable bonds is 4. The maximum atomic E-state index is 12.1. The predicted molar refractivity (Wildman–Crippen MR) is 69.4 cm³/mol. The van der Waals surface area contributed by atoms with Crippen molar-refractivity contribution in [1.29, 1.82) is 0 Å². The fourth-order valence-corrected chi connectivity index (χ4v) is 1.70. The number of hydrogen-bond acceptors (Lipinski definition) is 2. The lowest BCUT2D eigenvalue weighted by atomic mass is 10.1. The molecule has 0 radical (unpaired) electrons. The van der Waals surface area contributed by atoms with Gasteiger partial charge in [-0.15, -0.1) is 0 Å². The summed E-state index contributed by atoms with van der Waals surface area (Å²) in [6.45, 7) is 4.07. The van der Waals surface area contributed by atoms with Crippen molar-refractivity contribution in [3.05, 3.63) is 34.3 Å². The number of carbonyl (C=O) groups is 1. The standard InChI is InChI=1S/C13H18ClNO2/c1-9(16)7-8-15(3)13(17)11-5-4-6-12(14)10(11)2/h4-6,9,16H,7-8H2,1-3H3.